The molecule has 0 bridgehead atoms. The molecule has 0 aliphatic carbocycles. The maximum absolute atomic E-state index is 11.8. The largest absolute Gasteiger partial charge is 0.379 e. The standard InChI is InChI=1S/C19H23N5O4/c1-13-7-8-15(14(2)11-13)21-12-19(26)23-22-18(25)9-10-20-16-5-3-4-6-17(16)24(27)28/h3-8,11,20-21H,9-10,12H2,1-2H3,(H,22,25)(H,23,26). The first-order chi connectivity index (χ1) is 13.4. The number of nitrogens with zero attached hydrogens (tertiary/aromatic N) is 1. The number of nitro benzene ring substituents is 1. The average molecular weight is 385 g/mol. The molecule has 2 aromatic carbocycles. The van der Waals surface area contributed by atoms with E-state index in [2.05, 4.69) is 21.5 Å². The van der Waals surface area contributed by atoms with Gasteiger partial charge in [0.15, 0.2) is 0 Å². The van der Waals surface area contributed by atoms with E-state index in [9.17, 15) is 19.7 Å². The van der Waals surface area contributed by atoms with Crippen molar-refractivity contribution in [3.05, 3.63) is 63.7 Å². The Balaban J connectivity index is 1.69. The van der Waals surface area contributed by atoms with E-state index in [1.54, 1.807) is 18.2 Å². The van der Waals surface area contributed by atoms with Crippen LogP contribution in [0.3, 0.4) is 0 Å². The minimum absolute atomic E-state index is 0.0125. The van der Waals surface area contributed by atoms with Crippen molar-refractivity contribution < 1.29 is 14.5 Å². The van der Waals surface area contributed by atoms with Crippen LogP contribution in [-0.2, 0) is 9.59 Å². The summed E-state index contributed by atoms with van der Waals surface area (Å²) >= 11 is 0. The highest BCUT2D eigenvalue weighted by molar-refractivity contribution is 5.84. The fourth-order valence-electron chi connectivity index (χ4n) is 2.53. The number of anilines is 2. The molecule has 0 aromatic heterocycles. The second-order valence-electron chi connectivity index (χ2n) is 6.22. The lowest BCUT2D eigenvalue weighted by Gasteiger charge is -2.11. The van der Waals surface area contributed by atoms with Crippen molar-refractivity contribution in [3.8, 4) is 0 Å². The zero-order valence-corrected chi connectivity index (χ0v) is 15.7. The Kier molecular flexibility index (Phi) is 7.32. The molecule has 0 aliphatic rings. The van der Waals surface area contributed by atoms with E-state index in [0.29, 0.717) is 5.69 Å². The smallest absolute Gasteiger partial charge is 0.292 e. The third-order valence-corrected chi connectivity index (χ3v) is 3.93. The number of carbonyl (C=O) groups excluding carboxylic acids is 2. The zero-order valence-electron chi connectivity index (χ0n) is 15.7. The van der Waals surface area contributed by atoms with Gasteiger partial charge in [0.1, 0.15) is 5.69 Å². The minimum Gasteiger partial charge on any atom is -0.379 e. The van der Waals surface area contributed by atoms with E-state index in [4.69, 9.17) is 0 Å². The van der Waals surface area contributed by atoms with Gasteiger partial charge in [-0.25, -0.2) is 0 Å². The molecule has 0 spiro atoms. The molecule has 0 saturated carbocycles. The van der Waals surface area contributed by atoms with Gasteiger partial charge in [0.25, 0.3) is 11.6 Å². The van der Waals surface area contributed by atoms with Gasteiger partial charge in [-0.2, -0.15) is 0 Å². The molecule has 0 aliphatic heterocycles. The highest BCUT2D eigenvalue weighted by Crippen LogP contribution is 2.22. The van der Waals surface area contributed by atoms with E-state index in [1.807, 2.05) is 32.0 Å². The number of para-hydroxylation sites is 2. The summed E-state index contributed by atoms with van der Waals surface area (Å²) in [6.45, 7) is 4.13. The normalized spacial score (nSPS) is 10.1. The quantitative estimate of drug-likeness (QED) is 0.408. The predicted octanol–water partition coefficient (Wildman–Crippen LogP) is 2.27. The van der Waals surface area contributed by atoms with Crippen LogP contribution in [0.25, 0.3) is 0 Å². The van der Waals surface area contributed by atoms with Crippen LogP contribution in [0.5, 0.6) is 0 Å². The summed E-state index contributed by atoms with van der Waals surface area (Å²) in [6.07, 6.45) is 0.0385. The summed E-state index contributed by atoms with van der Waals surface area (Å²) in [7, 11) is 0. The molecule has 0 atom stereocenters. The Morgan fingerprint density at radius 1 is 0.964 bits per heavy atom. The SMILES string of the molecule is Cc1ccc(NCC(=O)NNC(=O)CCNc2ccccc2[N+](=O)[O-])c(C)c1. The predicted molar refractivity (Wildman–Crippen MR) is 107 cm³/mol. The molecule has 2 aromatic rings. The van der Waals surface area contributed by atoms with E-state index in [1.165, 1.54) is 6.07 Å². The molecule has 0 radical (unpaired) electrons. The highest BCUT2D eigenvalue weighted by atomic mass is 16.6. The lowest BCUT2D eigenvalue weighted by molar-refractivity contribution is -0.384. The van der Waals surface area contributed by atoms with Crippen molar-refractivity contribution in [2.24, 2.45) is 0 Å². The Morgan fingerprint density at radius 2 is 1.68 bits per heavy atom. The molecule has 28 heavy (non-hydrogen) atoms. The number of nitro groups is 1. The van der Waals surface area contributed by atoms with Gasteiger partial charge in [0.05, 0.1) is 11.5 Å². The van der Waals surface area contributed by atoms with E-state index in [0.717, 1.165) is 16.8 Å². The lowest BCUT2D eigenvalue weighted by Crippen LogP contribution is -2.44. The Morgan fingerprint density at radius 3 is 2.39 bits per heavy atom. The monoisotopic (exact) mass is 385 g/mol. The third-order valence-electron chi connectivity index (χ3n) is 3.93. The molecule has 2 rings (SSSR count). The molecule has 0 unspecified atom stereocenters. The van der Waals surface area contributed by atoms with Crippen molar-refractivity contribution in [1.82, 2.24) is 10.9 Å². The second-order valence-corrected chi connectivity index (χ2v) is 6.22. The number of carbonyl (C=O) groups is 2. The third kappa shape index (κ3) is 6.27. The van der Waals surface area contributed by atoms with Gasteiger partial charge in [0, 0.05) is 24.7 Å². The first kappa shape index (κ1) is 20.7. The van der Waals surface area contributed by atoms with Gasteiger partial charge in [-0.05, 0) is 31.5 Å². The Hall–Kier alpha value is -3.62. The van der Waals surface area contributed by atoms with Gasteiger partial charge in [-0.3, -0.25) is 30.6 Å². The summed E-state index contributed by atoms with van der Waals surface area (Å²) in [4.78, 5) is 34.1. The summed E-state index contributed by atoms with van der Waals surface area (Å²) in [5, 5.41) is 16.8. The van der Waals surface area contributed by atoms with Crippen molar-refractivity contribution >= 4 is 28.9 Å². The lowest BCUT2D eigenvalue weighted by atomic mass is 10.1. The molecule has 2 amide bonds. The maximum atomic E-state index is 11.8. The van der Waals surface area contributed by atoms with Crippen LogP contribution >= 0.6 is 0 Å². The Bertz CT molecular complexity index is 869. The molecule has 9 heteroatoms. The molecule has 0 fully saturated rings. The number of hydrazine groups is 1. The summed E-state index contributed by atoms with van der Waals surface area (Å²) in [5.74, 6) is -0.800. The van der Waals surface area contributed by atoms with Crippen molar-refractivity contribution in [2.75, 3.05) is 23.7 Å². The molecular formula is C19H23N5O4. The molecule has 0 saturated heterocycles. The number of hydrogen-bond donors (Lipinski definition) is 4. The first-order valence-electron chi connectivity index (χ1n) is 8.73. The van der Waals surface area contributed by atoms with E-state index >= 15 is 0 Å². The van der Waals surface area contributed by atoms with Gasteiger partial charge >= 0.3 is 0 Å². The van der Waals surface area contributed by atoms with Crippen molar-refractivity contribution in [3.63, 3.8) is 0 Å². The van der Waals surface area contributed by atoms with Gasteiger partial charge in [-0.15, -0.1) is 0 Å². The van der Waals surface area contributed by atoms with Gasteiger partial charge in [-0.1, -0.05) is 29.8 Å². The molecular weight excluding hydrogens is 362 g/mol. The maximum Gasteiger partial charge on any atom is 0.292 e. The van der Waals surface area contributed by atoms with Crippen LogP contribution in [0.1, 0.15) is 17.5 Å². The molecule has 148 valence electrons. The minimum atomic E-state index is -0.495. The van der Waals surface area contributed by atoms with Crippen molar-refractivity contribution in [2.45, 2.75) is 20.3 Å². The zero-order chi connectivity index (χ0) is 20.5. The summed E-state index contributed by atoms with van der Waals surface area (Å²) < 4.78 is 0. The number of benzene rings is 2. The van der Waals surface area contributed by atoms with Crippen LogP contribution in [-0.4, -0.2) is 29.8 Å². The number of amides is 2. The molecule has 4 N–H and O–H groups in total. The number of nitrogens with one attached hydrogen (secondary N) is 4. The Labute approximate surface area is 162 Å². The van der Waals surface area contributed by atoms with Crippen LogP contribution in [0.15, 0.2) is 42.5 Å². The van der Waals surface area contributed by atoms with Crippen LogP contribution in [0, 0.1) is 24.0 Å². The fourth-order valence-corrected chi connectivity index (χ4v) is 2.53. The van der Waals surface area contributed by atoms with Gasteiger partial charge < -0.3 is 10.6 Å². The highest BCUT2D eigenvalue weighted by Gasteiger charge is 2.12. The topological polar surface area (TPSA) is 125 Å². The van der Waals surface area contributed by atoms with E-state index < -0.39 is 10.8 Å². The molecule has 0 heterocycles. The second kappa shape index (κ2) is 9.91. The van der Waals surface area contributed by atoms with Gasteiger partial charge in [0.2, 0.25) is 5.91 Å². The van der Waals surface area contributed by atoms with E-state index in [-0.39, 0.29) is 31.1 Å². The van der Waals surface area contributed by atoms with Crippen LogP contribution in [0.4, 0.5) is 17.1 Å². The summed E-state index contributed by atoms with van der Waals surface area (Å²) in [5.41, 5.74) is 7.92. The number of hydrogen-bond acceptors (Lipinski definition) is 6. The van der Waals surface area contributed by atoms with Crippen molar-refractivity contribution in [1.29, 1.82) is 0 Å². The molecule has 9 nitrogen and oxygen atoms in total. The fraction of sp³-hybridized carbons (Fsp3) is 0.263. The average Bonchev–Trinajstić information content (AvgIpc) is 2.66. The number of rotatable bonds is 8. The van der Waals surface area contributed by atoms with Crippen LogP contribution in [0.2, 0.25) is 0 Å². The number of aryl methyl sites for hydroxylation is 2. The first-order valence-corrected chi connectivity index (χ1v) is 8.73. The summed E-state index contributed by atoms with van der Waals surface area (Å²) in [6, 6.07) is 12.0. The van der Waals surface area contributed by atoms with Crippen LogP contribution < -0.4 is 21.5 Å².